The molecule has 0 unspecified atom stereocenters. The number of pyridine rings is 1. The van der Waals surface area contributed by atoms with Crippen LogP contribution in [0, 0.1) is 24.7 Å². The van der Waals surface area contributed by atoms with Gasteiger partial charge in [0.15, 0.2) is 17.9 Å². The van der Waals surface area contributed by atoms with Gasteiger partial charge in [0, 0.05) is 50.2 Å². The highest BCUT2D eigenvalue weighted by atomic mass is 32.2. The summed E-state index contributed by atoms with van der Waals surface area (Å²) in [5.74, 6) is 3.08. The molecule has 1 saturated heterocycles. The minimum Gasteiger partial charge on any atom is -0.744 e. The molecule has 2 aromatic rings. The van der Waals surface area contributed by atoms with Crippen LogP contribution in [0.5, 0.6) is 0 Å². The highest BCUT2D eigenvalue weighted by Crippen LogP contribution is 2.56. The predicted octanol–water partition coefficient (Wildman–Crippen LogP) is 5.18. The van der Waals surface area contributed by atoms with E-state index in [9.17, 15) is 13.0 Å². The van der Waals surface area contributed by atoms with Crippen LogP contribution in [0.3, 0.4) is 0 Å². The lowest BCUT2D eigenvalue weighted by atomic mass is 9.53. The molecule has 1 aromatic heterocycles. The third kappa shape index (κ3) is 5.18. The van der Waals surface area contributed by atoms with E-state index in [1.807, 2.05) is 6.92 Å². The highest BCUT2D eigenvalue weighted by molar-refractivity contribution is 7.85. The minimum absolute atomic E-state index is 0.178. The largest absolute Gasteiger partial charge is 0.744 e. The number of benzene rings is 1. The Morgan fingerprint density at radius 2 is 1.32 bits per heavy atom. The Morgan fingerprint density at radius 3 is 1.79 bits per heavy atom. The third-order valence-electron chi connectivity index (χ3n) is 8.65. The summed E-state index contributed by atoms with van der Waals surface area (Å²) in [6, 6.07) is 10.6. The molecule has 4 bridgehead atoms. The average molecular weight is 483 g/mol. The summed E-state index contributed by atoms with van der Waals surface area (Å²) in [7, 11) is -4.27. The Labute approximate surface area is 204 Å². The van der Waals surface area contributed by atoms with Crippen molar-refractivity contribution in [1.29, 1.82) is 0 Å². The van der Waals surface area contributed by atoms with Gasteiger partial charge >= 0.3 is 0 Å². The standard InChI is InChI=1S/C21H31N2.C7H8O3S/c1-2-4-8-22(7-3-1)20-5-9-23(10-6-20)21-14-17-11-18(15-21)13-19(12-17)16-21;1-6-2-4-7(5-3-6)11(8,9)10/h5-6,9-10,17-19H,1-4,7-8,11-16H2;2-5H,1H3,(H,8,9,10)/q+1;/p-1. The highest BCUT2D eigenvalue weighted by Gasteiger charge is 2.56. The SMILES string of the molecule is Cc1ccc(S(=O)(=O)[O-])cc1.c1c[n+](C23CC4CC(CC(C4)C2)C3)ccc1N1CCCCCC1. The number of aryl methyl sites for hydroxylation is 1. The molecule has 0 radical (unpaired) electrons. The van der Waals surface area contributed by atoms with Gasteiger partial charge in [-0.05, 0) is 68.9 Å². The summed E-state index contributed by atoms with van der Waals surface area (Å²) in [4.78, 5) is 2.43. The van der Waals surface area contributed by atoms with Crippen LogP contribution < -0.4 is 9.47 Å². The van der Waals surface area contributed by atoms with Crippen molar-refractivity contribution in [2.75, 3.05) is 18.0 Å². The van der Waals surface area contributed by atoms with Gasteiger partial charge < -0.3 is 9.45 Å². The summed E-state index contributed by atoms with van der Waals surface area (Å²) in [5.41, 5.74) is 2.86. The normalized spacial score (nSPS) is 30.4. The summed E-state index contributed by atoms with van der Waals surface area (Å²) in [6.07, 6.45) is 19.4. The van der Waals surface area contributed by atoms with Gasteiger partial charge in [-0.2, -0.15) is 4.57 Å². The third-order valence-corrected chi connectivity index (χ3v) is 9.50. The molecule has 0 N–H and O–H groups in total. The second kappa shape index (κ2) is 9.62. The quantitative estimate of drug-likeness (QED) is 0.447. The first-order valence-electron chi connectivity index (χ1n) is 13.1. The molecule has 0 amide bonds. The van der Waals surface area contributed by atoms with Gasteiger partial charge in [0.2, 0.25) is 0 Å². The van der Waals surface area contributed by atoms with E-state index in [0.29, 0.717) is 5.54 Å². The molecule has 0 atom stereocenters. The lowest BCUT2D eigenvalue weighted by Gasteiger charge is -2.53. The molecule has 1 aromatic carbocycles. The Bertz CT molecular complexity index is 1040. The van der Waals surface area contributed by atoms with E-state index in [1.165, 1.54) is 95.1 Å². The minimum atomic E-state index is -4.27. The number of hydrogen-bond acceptors (Lipinski definition) is 4. The van der Waals surface area contributed by atoms with Crippen molar-refractivity contribution < 1.29 is 17.5 Å². The van der Waals surface area contributed by atoms with Gasteiger partial charge in [-0.25, -0.2) is 8.42 Å². The molecular formula is C28H38N2O3S. The topological polar surface area (TPSA) is 64.3 Å². The Kier molecular flexibility index (Phi) is 6.73. The maximum Gasteiger partial charge on any atom is 0.171 e. The lowest BCUT2D eigenvalue weighted by molar-refractivity contribution is -0.776. The van der Waals surface area contributed by atoms with E-state index in [1.54, 1.807) is 12.1 Å². The molecule has 34 heavy (non-hydrogen) atoms. The molecule has 5 aliphatic rings. The van der Waals surface area contributed by atoms with E-state index in [4.69, 9.17) is 0 Å². The number of hydrogen-bond donors (Lipinski definition) is 0. The first kappa shape index (κ1) is 23.8. The van der Waals surface area contributed by atoms with E-state index >= 15 is 0 Å². The Morgan fingerprint density at radius 1 is 0.824 bits per heavy atom. The summed E-state index contributed by atoms with van der Waals surface area (Å²) >= 11 is 0. The van der Waals surface area contributed by atoms with Crippen LogP contribution in [-0.4, -0.2) is 26.1 Å². The van der Waals surface area contributed by atoms with Crippen molar-refractivity contribution in [3.8, 4) is 0 Å². The van der Waals surface area contributed by atoms with E-state index in [0.717, 1.165) is 23.3 Å². The van der Waals surface area contributed by atoms with Crippen LogP contribution in [0.25, 0.3) is 0 Å². The van der Waals surface area contributed by atoms with Crippen LogP contribution in [0.1, 0.15) is 69.8 Å². The Balaban J connectivity index is 0.000000186. The summed E-state index contributed by atoms with van der Waals surface area (Å²) in [5, 5.41) is 0. The van der Waals surface area contributed by atoms with Crippen molar-refractivity contribution in [3.63, 3.8) is 0 Å². The zero-order valence-electron chi connectivity index (χ0n) is 20.4. The van der Waals surface area contributed by atoms with E-state index in [2.05, 4.69) is 34.0 Å². The number of nitrogens with zero attached hydrogens (tertiary/aromatic N) is 2. The fraction of sp³-hybridized carbons (Fsp3) is 0.607. The molecule has 5 nitrogen and oxygen atoms in total. The first-order chi connectivity index (χ1) is 16.3. The van der Waals surface area contributed by atoms with Crippen molar-refractivity contribution in [2.24, 2.45) is 17.8 Å². The van der Waals surface area contributed by atoms with E-state index < -0.39 is 10.1 Å². The maximum atomic E-state index is 10.4. The smallest absolute Gasteiger partial charge is 0.171 e. The monoisotopic (exact) mass is 482 g/mol. The van der Waals surface area contributed by atoms with Gasteiger partial charge in [0.1, 0.15) is 10.1 Å². The van der Waals surface area contributed by atoms with Crippen molar-refractivity contribution >= 4 is 15.8 Å². The van der Waals surface area contributed by atoms with Gasteiger partial charge in [0.05, 0.1) is 4.90 Å². The summed E-state index contributed by atoms with van der Waals surface area (Å²) in [6.45, 7) is 4.32. The maximum absolute atomic E-state index is 10.4. The van der Waals surface area contributed by atoms with E-state index in [-0.39, 0.29) is 4.90 Å². The van der Waals surface area contributed by atoms with Crippen molar-refractivity contribution in [2.45, 2.75) is 81.6 Å². The molecule has 7 rings (SSSR count). The van der Waals surface area contributed by atoms with Crippen molar-refractivity contribution in [1.82, 2.24) is 0 Å². The molecule has 1 aliphatic heterocycles. The fourth-order valence-electron chi connectivity index (χ4n) is 7.36. The van der Waals surface area contributed by atoms with Crippen LogP contribution in [0.15, 0.2) is 53.7 Å². The van der Waals surface area contributed by atoms with Crippen LogP contribution in [-0.2, 0) is 15.7 Å². The van der Waals surface area contributed by atoms with Crippen molar-refractivity contribution in [3.05, 3.63) is 54.4 Å². The number of aromatic nitrogens is 1. The second-order valence-electron chi connectivity index (χ2n) is 11.3. The fourth-order valence-corrected chi connectivity index (χ4v) is 7.83. The zero-order chi connectivity index (χ0) is 23.8. The molecule has 0 spiro atoms. The summed E-state index contributed by atoms with van der Waals surface area (Å²) < 4.78 is 33.8. The van der Waals surface area contributed by atoms with Crippen LogP contribution in [0.2, 0.25) is 0 Å². The average Bonchev–Trinajstić information content (AvgIpc) is 3.08. The second-order valence-corrected chi connectivity index (χ2v) is 12.7. The first-order valence-corrected chi connectivity index (χ1v) is 14.5. The molecule has 4 saturated carbocycles. The van der Waals surface area contributed by atoms with Gasteiger partial charge in [-0.15, -0.1) is 0 Å². The predicted molar refractivity (Wildman–Crippen MR) is 133 cm³/mol. The van der Waals surface area contributed by atoms with Gasteiger partial charge in [-0.3, -0.25) is 0 Å². The number of anilines is 1. The van der Waals surface area contributed by atoms with Crippen LogP contribution in [0.4, 0.5) is 5.69 Å². The number of rotatable bonds is 3. The zero-order valence-corrected chi connectivity index (χ0v) is 21.2. The van der Waals surface area contributed by atoms with Gasteiger partial charge in [0.25, 0.3) is 0 Å². The molecular weight excluding hydrogens is 444 g/mol. The molecule has 5 fully saturated rings. The molecule has 6 heteroatoms. The Hall–Kier alpha value is -1.92. The molecule has 4 aliphatic carbocycles. The lowest BCUT2D eigenvalue weighted by Crippen LogP contribution is -2.64. The van der Waals surface area contributed by atoms with Gasteiger partial charge in [-0.1, -0.05) is 30.5 Å². The van der Waals surface area contributed by atoms with Crippen LogP contribution >= 0.6 is 0 Å². The molecule has 184 valence electrons. The molecule has 2 heterocycles.